The van der Waals surface area contributed by atoms with Crippen molar-refractivity contribution in [3.63, 3.8) is 0 Å². The van der Waals surface area contributed by atoms with Gasteiger partial charge in [-0.2, -0.15) is 0 Å². The van der Waals surface area contributed by atoms with Crippen molar-refractivity contribution < 1.29 is 23.9 Å². The molecule has 31 heavy (non-hydrogen) atoms. The number of methoxy groups -OCH3 is 1. The van der Waals surface area contributed by atoms with Gasteiger partial charge in [0, 0.05) is 6.42 Å². The molecule has 0 unspecified atom stereocenters. The molecular weight excluding hydrogens is 396 g/mol. The molecule has 7 nitrogen and oxygen atoms in total. The van der Waals surface area contributed by atoms with Crippen LogP contribution in [-0.2, 0) is 32.1 Å². The van der Waals surface area contributed by atoms with Crippen molar-refractivity contribution in [3.8, 4) is 0 Å². The number of nitrogens with one attached hydrogen (secondary N) is 2. The molecule has 2 N–H and O–H groups in total. The van der Waals surface area contributed by atoms with Crippen LogP contribution in [0, 0.1) is 12.8 Å². The summed E-state index contributed by atoms with van der Waals surface area (Å²) >= 11 is 0. The van der Waals surface area contributed by atoms with E-state index in [0.717, 1.165) is 16.7 Å². The van der Waals surface area contributed by atoms with Crippen LogP contribution in [0.2, 0.25) is 0 Å². The summed E-state index contributed by atoms with van der Waals surface area (Å²) in [4.78, 5) is 37.4. The molecule has 0 saturated carbocycles. The maximum atomic E-state index is 12.9. The number of rotatable bonds is 9. The molecule has 0 aliphatic rings. The summed E-state index contributed by atoms with van der Waals surface area (Å²) in [6.45, 7) is 5.67. The van der Waals surface area contributed by atoms with Crippen molar-refractivity contribution >= 4 is 18.0 Å². The minimum absolute atomic E-state index is 0.0946. The van der Waals surface area contributed by atoms with Crippen LogP contribution in [-0.4, -0.2) is 37.2 Å². The van der Waals surface area contributed by atoms with E-state index in [1.807, 2.05) is 61.5 Å². The molecule has 0 radical (unpaired) electrons. The molecule has 0 aromatic heterocycles. The molecule has 0 saturated heterocycles. The molecule has 2 aromatic rings. The third-order valence-corrected chi connectivity index (χ3v) is 4.80. The van der Waals surface area contributed by atoms with Crippen LogP contribution >= 0.6 is 0 Å². The summed E-state index contributed by atoms with van der Waals surface area (Å²) in [5, 5.41) is 5.30. The van der Waals surface area contributed by atoms with E-state index in [9.17, 15) is 14.4 Å². The van der Waals surface area contributed by atoms with Crippen molar-refractivity contribution in [2.24, 2.45) is 5.92 Å². The highest BCUT2D eigenvalue weighted by molar-refractivity contribution is 5.90. The Kier molecular flexibility index (Phi) is 9.06. The molecular formula is C24H30N2O5. The fourth-order valence-electron chi connectivity index (χ4n) is 2.98. The van der Waals surface area contributed by atoms with E-state index in [1.54, 1.807) is 13.8 Å². The second kappa shape index (κ2) is 11.7. The van der Waals surface area contributed by atoms with Crippen molar-refractivity contribution in [1.29, 1.82) is 0 Å². The molecule has 2 rings (SSSR count). The molecule has 2 amide bonds. The van der Waals surface area contributed by atoms with Crippen LogP contribution in [0.5, 0.6) is 0 Å². The molecule has 0 fully saturated rings. The predicted octanol–water partition coefficient (Wildman–Crippen LogP) is 3.15. The number of aryl methyl sites for hydroxylation is 1. The average molecular weight is 427 g/mol. The first kappa shape index (κ1) is 23.9. The Bertz CT molecular complexity index is 865. The smallest absolute Gasteiger partial charge is 0.408 e. The zero-order valence-corrected chi connectivity index (χ0v) is 18.4. The summed E-state index contributed by atoms with van der Waals surface area (Å²) in [6.07, 6.45) is -0.423. The minimum Gasteiger partial charge on any atom is -0.467 e. The zero-order valence-electron chi connectivity index (χ0n) is 18.4. The van der Waals surface area contributed by atoms with Gasteiger partial charge in [0.25, 0.3) is 0 Å². The number of esters is 1. The Hall–Kier alpha value is -3.35. The normalized spacial score (nSPS) is 12.5. The van der Waals surface area contributed by atoms with Gasteiger partial charge >= 0.3 is 12.1 Å². The highest BCUT2D eigenvalue weighted by Crippen LogP contribution is 2.09. The summed E-state index contributed by atoms with van der Waals surface area (Å²) in [5.41, 5.74) is 2.82. The molecule has 0 spiro atoms. The summed E-state index contributed by atoms with van der Waals surface area (Å²) in [5.74, 6) is -1.25. The van der Waals surface area contributed by atoms with Gasteiger partial charge in [0.15, 0.2) is 0 Å². The predicted molar refractivity (Wildman–Crippen MR) is 117 cm³/mol. The van der Waals surface area contributed by atoms with Crippen LogP contribution in [0.4, 0.5) is 4.79 Å². The molecule has 2 atom stereocenters. The number of amides is 2. The fourth-order valence-corrected chi connectivity index (χ4v) is 2.98. The van der Waals surface area contributed by atoms with E-state index in [4.69, 9.17) is 9.47 Å². The van der Waals surface area contributed by atoms with E-state index in [0.29, 0.717) is 0 Å². The van der Waals surface area contributed by atoms with Crippen molar-refractivity contribution in [2.45, 2.75) is 45.9 Å². The van der Waals surface area contributed by atoms with Crippen molar-refractivity contribution in [3.05, 3.63) is 71.3 Å². The monoisotopic (exact) mass is 426 g/mol. The van der Waals surface area contributed by atoms with E-state index >= 15 is 0 Å². The topological polar surface area (TPSA) is 93.7 Å². The molecule has 2 aromatic carbocycles. The van der Waals surface area contributed by atoms with E-state index in [-0.39, 0.29) is 18.9 Å². The maximum absolute atomic E-state index is 12.9. The summed E-state index contributed by atoms with van der Waals surface area (Å²) < 4.78 is 10.1. The molecule has 0 heterocycles. The molecule has 0 bridgehead atoms. The minimum atomic E-state index is -0.872. The largest absolute Gasteiger partial charge is 0.467 e. The van der Waals surface area contributed by atoms with Crippen LogP contribution in [0.25, 0.3) is 0 Å². The van der Waals surface area contributed by atoms with Gasteiger partial charge in [-0.1, -0.05) is 74.0 Å². The van der Waals surface area contributed by atoms with Gasteiger partial charge in [0.2, 0.25) is 5.91 Å². The van der Waals surface area contributed by atoms with Gasteiger partial charge in [-0.3, -0.25) is 4.79 Å². The SMILES string of the molecule is COC(=O)[C@H](Cc1ccc(C)cc1)NC(=O)[C@@H](NC(=O)OCc1ccccc1)C(C)C. The lowest BCUT2D eigenvalue weighted by atomic mass is 10.0. The number of carbonyl (C=O) groups excluding carboxylic acids is 3. The first-order chi connectivity index (χ1) is 14.8. The lowest BCUT2D eigenvalue weighted by molar-refractivity contribution is -0.145. The second-order valence-electron chi connectivity index (χ2n) is 7.70. The highest BCUT2D eigenvalue weighted by atomic mass is 16.5. The Morgan fingerprint density at radius 3 is 2.13 bits per heavy atom. The fraction of sp³-hybridized carbons (Fsp3) is 0.375. The van der Waals surface area contributed by atoms with Crippen LogP contribution in [0.1, 0.15) is 30.5 Å². The Morgan fingerprint density at radius 2 is 1.55 bits per heavy atom. The Balaban J connectivity index is 2.00. The third kappa shape index (κ3) is 7.77. The average Bonchev–Trinajstić information content (AvgIpc) is 2.76. The van der Waals surface area contributed by atoms with Crippen LogP contribution in [0.3, 0.4) is 0 Å². The zero-order chi connectivity index (χ0) is 22.8. The molecule has 166 valence electrons. The number of benzene rings is 2. The number of hydrogen-bond donors (Lipinski definition) is 2. The lowest BCUT2D eigenvalue weighted by Crippen LogP contribution is -2.54. The van der Waals surface area contributed by atoms with Gasteiger partial charge in [-0.05, 0) is 24.0 Å². The lowest BCUT2D eigenvalue weighted by Gasteiger charge is -2.24. The number of hydrogen-bond acceptors (Lipinski definition) is 5. The summed E-state index contributed by atoms with van der Waals surface area (Å²) in [7, 11) is 1.27. The third-order valence-electron chi connectivity index (χ3n) is 4.80. The van der Waals surface area contributed by atoms with Crippen LogP contribution in [0.15, 0.2) is 54.6 Å². The van der Waals surface area contributed by atoms with Crippen molar-refractivity contribution in [2.75, 3.05) is 7.11 Å². The van der Waals surface area contributed by atoms with E-state index in [1.165, 1.54) is 7.11 Å². The quantitative estimate of drug-likeness (QED) is 0.601. The number of carbonyl (C=O) groups is 3. The standard InChI is InChI=1S/C24H30N2O5/c1-16(2)21(26-24(29)31-15-19-8-6-5-7-9-19)22(27)25-20(23(28)30-4)14-18-12-10-17(3)11-13-18/h5-13,16,20-21H,14-15H2,1-4H3,(H,25,27)(H,26,29)/t20-,21-/m0/s1. The molecule has 0 aliphatic heterocycles. The second-order valence-corrected chi connectivity index (χ2v) is 7.70. The van der Waals surface area contributed by atoms with Gasteiger partial charge in [-0.25, -0.2) is 9.59 Å². The Labute approximate surface area is 183 Å². The van der Waals surface area contributed by atoms with Gasteiger partial charge < -0.3 is 20.1 Å². The van der Waals surface area contributed by atoms with Gasteiger partial charge in [0.05, 0.1) is 7.11 Å². The first-order valence-electron chi connectivity index (χ1n) is 10.2. The van der Waals surface area contributed by atoms with Crippen LogP contribution < -0.4 is 10.6 Å². The number of ether oxygens (including phenoxy) is 2. The molecule has 7 heteroatoms. The number of alkyl carbamates (subject to hydrolysis) is 1. The van der Waals surface area contributed by atoms with E-state index in [2.05, 4.69) is 10.6 Å². The highest BCUT2D eigenvalue weighted by Gasteiger charge is 2.29. The van der Waals surface area contributed by atoms with Crippen molar-refractivity contribution in [1.82, 2.24) is 10.6 Å². The van der Waals surface area contributed by atoms with Gasteiger partial charge in [0.1, 0.15) is 18.7 Å². The van der Waals surface area contributed by atoms with E-state index < -0.39 is 30.1 Å². The summed E-state index contributed by atoms with van der Waals surface area (Å²) in [6, 6.07) is 15.2. The Morgan fingerprint density at radius 1 is 0.903 bits per heavy atom. The molecule has 0 aliphatic carbocycles. The maximum Gasteiger partial charge on any atom is 0.408 e. The van der Waals surface area contributed by atoms with Gasteiger partial charge in [-0.15, -0.1) is 0 Å². The first-order valence-corrected chi connectivity index (χ1v) is 10.2.